The molecule has 1 aliphatic rings. The minimum Gasteiger partial charge on any atom is -0.369 e. The van der Waals surface area contributed by atoms with Crippen LogP contribution in [0.1, 0.15) is 12.5 Å². The number of imidazole rings is 1. The molecule has 7 heteroatoms. The van der Waals surface area contributed by atoms with Crippen molar-refractivity contribution in [2.24, 2.45) is 0 Å². The second kappa shape index (κ2) is 3.52. The number of carbonyl (C=O) groups is 2. The van der Waals surface area contributed by atoms with Gasteiger partial charge in [-0.2, -0.15) is 0 Å². The van der Waals surface area contributed by atoms with Crippen molar-refractivity contribution in [2.75, 3.05) is 12.8 Å². The molecule has 92 valence electrons. The number of carbonyl (C=O) groups excluding carboxylic acids is 2. The average Bonchev–Trinajstić information content (AvgIpc) is 2.80. The Labute approximate surface area is 102 Å². The Morgan fingerprint density at radius 3 is 2.89 bits per heavy atom. The second-order valence-corrected chi connectivity index (χ2v) is 4.20. The Bertz CT molecular complexity index is 662. The largest absolute Gasteiger partial charge is 0.369 e. The summed E-state index contributed by atoms with van der Waals surface area (Å²) in [4.78, 5) is 32.9. The maximum absolute atomic E-state index is 12.0. The molecule has 0 saturated carbocycles. The number of amides is 2. The first-order valence-electron chi connectivity index (χ1n) is 5.48. The third-order valence-corrected chi connectivity index (χ3v) is 3.15. The van der Waals surface area contributed by atoms with Crippen molar-refractivity contribution < 1.29 is 9.59 Å². The van der Waals surface area contributed by atoms with E-state index in [1.165, 1.54) is 11.6 Å². The van der Waals surface area contributed by atoms with E-state index in [9.17, 15) is 9.59 Å². The van der Waals surface area contributed by atoms with Crippen molar-refractivity contribution in [3.63, 3.8) is 0 Å². The molecule has 0 aromatic carbocycles. The van der Waals surface area contributed by atoms with Crippen LogP contribution in [0.15, 0.2) is 18.3 Å². The number of nitrogen functional groups attached to an aromatic ring is 1. The van der Waals surface area contributed by atoms with Crippen molar-refractivity contribution in [3.05, 3.63) is 18.3 Å². The van der Waals surface area contributed by atoms with Crippen LogP contribution in [0.5, 0.6) is 0 Å². The molecule has 1 atom stereocenters. The molecule has 3 heterocycles. The van der Waals surface area contributed by atoms with Crippen molar-refractivity contribution in [1.29, 1.82) is 0 Å². The third kappa shape index (κ3) is 1.30. The van der Waals surface area contributed by atoms with Crippen LogP contribution in [0.2, 0.25) is 0 Å². The lowest BCUT2D eigenvalue weighted by atomic mass is 10.2. The van der Waals surface area contributed by atoms with Crippen LogP contribution in [0.25, 0.3) is 11.2 Å². The smallest absolute Gasteiger partial charge is 0.252 e. The second-order valence-electron chi connectivity index (χ2n) is 4.20. The van der Waals surface area contributed by atoms with E-state index in [4.69, 9.17) is 5.73 Å². The highest BCUT2D eigenvalue weighted by atomic mass is 16.2. The lowest BCUT2D eigenvalue weighted by molar-refractivity contribution is -0.137. The van der Waals surface area contributed by atoms with Gasteiger partial charge in [-0.1, -0.05) is 0 Å². The highest BCUT2D eigenvalue weighted by Crippen LogP contribution is 2.29. The predicted molar refractivity (Wildman–Crippen MR) is 63.4 cm³/mol. The lowest BCUT2D eigenvalue weighted by Gasteiger charge is -2.12. The molecule has 0 bridgehead atoms. The fraction of sp³-hybridized carbons (Fsp3) is 0.273. The molecule has 18 heavy (non-hydrogen) atoms. The van der Waals surface area contributed by atoms with Gasteiger partial charge >= 0.3 is 0 Å². The molecule has 2 aromatic rings. The Hall–Kier alpha value is -2.44. The van der Waals surface area contributed by atoms with Gasteiger partial charge in [0.2, 0.25) is 11.9 Å². The zero-order valence-electron chi connectivity index (χ0n) is 9.70. The van der Waals surface area contributed by atoms with Crippen LogP contribution in [0, 0.1) is 0 Å². The molecular weight excluding hydrogens is 234 g/mol. The third-order valence-electron chi connectivity index (χ3n) is 3.15. The number of hydrogen-bond donors (Lipinski definition) is 1. The first-order valence-corrected chi connectivity index (χ1v) is 5.48. The molecule has 2 aromatic heterocycles. The zero-order valence-corrected chi connectivity index (χ0v) is 9.70. The molecule has 0 aliphatic carbocycles. The standard InChI is InChI=1S/C11H11N5O2/c1-15-8(17)5-7(10(15)18)16-9-6(14-11(16)12)3-2-4-13-9/h2-4,7H,5H2,1H3,(H2,12,14). The highest BCUT2D eigenvalue weighted by Gasteiger charge is 2.39. The van der Waals surface area contributed by atoms with Gasteiger partial charge in [-0.15, -0.1) is 0 Å². The van der Waals surface area contributed by atoms with Gasteiger partial charge in [0.1, 0.15) is 11.6 Å². The molecule has 2 amide bonds. The number of fused-ring (bicyclic) bond motifs is 1. The Balaban J connectivity index is 2.18. The average molecular weight is 245 g/mol. The summed E-state index contributed by atoms with van der Waals surface area (Å²) in [5.74, 6) is -0.302. The summed E-state index contributed by atoms with van der Waals surface area (Å²) >= 11 is 0. The van der Waals surface area contributed by atoms with E-state index in [-0.39, 0.29) is 24.2 Å². The number of likely N-dealkylation sites (N-methyl/N-ethyl adjacent to an activating group) is 1. The molecule has 1 aliphatic heterocycles. The SMILES string of the molecule is CN1C(=O)CC(n2c(N)nc3cccnc32)C1=O. The molecule has 0 radical (unpaired) electrons. The van der Waals surface area contributed by atoms with E-state index >= 15 is 0 Å². The number of nitrogens with two attached hydrogens (primary N) is 1. The van der Waals surface area contributed by atoms with Crippen LogP contribution in [-0.4, -0.2) is 38.3 Å². The van der Waals surface area contributed by atoms with Gasteiger partial charge in [-0.3, -0.25) is 19.1 Å². The fourth-order valence-electron chi connectivity index (χ4n) is 2.19. The number of hydrogen-bond acceptors (Lipinski definition) is 5. The van der Waals surface area contributed by atoms with Crippen molar-refractivity contribution in [3.8, 4) is 0 Å². The van der Waals surface area contributed by atoms with E-state index in [2.05, 4.69) is 9.97 Å². The number of pyridine rings is 1. The van der Waals surface area contributed by atoms with Gasteiger partial charge < -0.3 is 5.73 Å². The first-order chi connectivity index (χ1) is 8.59. The summed E-state index contributed by atoms with van der Waals surface area (Å²) in [5, 5.41) is 0. The van der Waals surface area contributed by atoms with E-state index in [0.29, 0.717) is 11.2 Å². The van der Waals surface area contributed by atoms with Gasteiger partial charge in [0.15, 0.2) is 5.65 Å². The summed E-state index contributed by atoms with van der Waals surface area (Å²) in [6.45, 7) is 0. The summed E-state index contributed by atoms with van der Waals surface area (Å²) < 4.78 is 1.53. The first kappa shape index (κ1) is 10.7. The van der Waals surface area contributed by atoms with E-state index in [1.807, 2.05) is 0 Å². The molecule has 1 fully saturated rings. The normalized spacial score (nSPS) is 20.1. The van der Waals surface area contributed by atoms with E-state index < -0.39 is 6.04 Å². The Morgan fingerprint density at radius 1 is 1.44 bits per heavy atom. The maximum atomic E-state index is 12.0. The summed E-state index contributed by atoms with van der Waals surface area (Å²) in [5.41, 5.74) is 6.96. The van der Waals surface area contributed by atoms with Crippen LogP contribution in [0.3, 0.4) is 0 Å². The summed E-state index contributed by atoms with van der Waals surface area (Å²) in [6, 6.07) is 2.87. The van der Waals surface area contributed by atoms with Crippen molar-refractivity contribution >= 4 is 28.9 Å². The molecule has 0 spiro atoms. The highest BCUT2D eigenvalue weighted by molar-refractivity contribution is 6.05. The van der Waals surface area contributed by atoms with Gasteiger partial charge in [0.25, 0.3) is 5.91 Å². The molecule has 7 nitrogen and oxygen atoms in total. The topological polar surface area (TPSA) is 94.1 Å². The summed E-state index contributed by atoms with van der Waals surface area (Å²) in [6.07, 6.45) is 1.70. The fourth-order valence-corrected chi connectivity index (χ4v) is 2.19. The van der Waals surface area contributed by atoms with Crippen LogP contribution >= 0.6 is 0 Å². The quantitative estimate of drug-likeness (QED) is 0.710. The van der Waals surface area contributed by atoms with Crippen LogP contribution in [-0.2, 0) is 9.59 Å². The number of imide groups is 1. The molecule has 1 unspecified atom stereocenters. The maximum Gasteiger partial charge on any atom is 0.252 e. The van der Waals surface area contributed by atoms with Gasteiger partial charge in [0, 0.05) is 13.2 Å². The molecule has 1 saturated heterocycles. The van der Waals surface area contributed by atoms with Gasteiger partial charge in [-0.05, 0) is 12.1 Å². The minimum absolute atomic E-state index is 0.0988. The number of nitrogens with zero attached hydrogens (tertiary/aromatic N) is 4. The molecular formula is C11H11N5O2. The Morgan fingerprint density at radius 2 is 2.22 bits per heavy atom. The molecule has 3 rings (SSSR count). The van der Waals surface area contributed by atoms with Gasteiger partial charge in [-0.25, -0.2) is 9.97 Å². The molecule has 2 N–H and O–H groups in total. The van der Waals surface area contributed by atoms with Crippen molar-refractivity contribution in [2.45, 2.75) is 12.5 Å². The van der Waals surface area contributed by atoms with E-state index in [1.54, 1.807) is 18.3 Å². The predicted octanol–water partition coefficient (Wildman–Crippen LogP) is -0.0567. The monoisotopic (exact) mass is 245 g/mol. The van der Waals surface area contributed by atoms with Crippen LogP contribution in [0.4, 0.5) is 5.95 Å². The number of rotatable bonds is 1. The lowest BCUT2D eigenvalue weighted by Crippen LogP contribution is -2.27. The minimum atomic E-state index is -0.637. The number of anilines is 1. The van der Waals surface area contributed by atoms with E-state index in [0.717, 1.165) is 4.90 Å². The van der Waals surface area contributed by atoms with Crippen LogP contribution < -0.4 is 5.73 Å². The van der Waals surface area contributed by atoms with Crippen molar-refractivity contribution in [1.82, 2.24) is 19.4 Å². The Kier molecular flexibility index (Phi) is 2.09. The zero-order chi connectivity index (χ0) is 12.9. The van der Waals surface area contributed by atoms with Gasteiger partial charge in [0.05, 0.1) is 6.42 Å². The number of aromatic nitrogens is 3. The number of likely N-dealkylation sites (tertiary alicyclic amines) is 1. The summed E-state index contributed by atoms with van der Waals surface area (Å²) in [7, 11) is 1.47.